The van der Waals surface area contributed by atoms with Crippen LogP contribution in [0, 0.1) is 5.92 Å². The van der Waals surface area contributed by atoms with Gasteiger partial charge in [-0.25, -0.2) is 4.99 Å². The van der Waals surface area contributed by atoms with Crippen molar-refractivity contribution in [2.75, 3.05) is 6.54 Å². The molecular formula is C15H24N4. The van der Waals surface area contributed by atoms with Gasteiger partial charge in [0.05, 0.1) is 12.2 Å². The number of guanidine groups is 1. The molecule has 3 N–H and O–H groups in total. The molecule has 0 amide bonds. The lowest BCUT2D eigenvalue weighted by molar-refractivity contribution is 0.621. The molecule has 1 aliphatic rings. The number of nitrogens with one attached hydrogen (secondary N) is 1. The monoisotopic (exact) mass is 260 g/mol. The molecule has 1 aromatic rings. The van der Waals surface area contributed by atoms with E-state index in [2.05, 4.69) is 36.3 Å². The molecule has 1 heterocycles. The molecule has 1 aromatic heterocycles. The Bertz CT molecular complexity index is 451. The molecule has 0 bridgehead atoms. The van der Waals surface area contributed by atoms with Gasteiger partial charge in [-0.15, -0.1) is 0 Å². The van der Waals surface area contributed by atoms with E-state index in [9.17, 15) is 0 Å². The second-order valence-electron chi connectivity index (χ2n) is 5.59. The lowest BCUT2D eigenvalue weighted by Gasteiger charge is -2.15. The number of aromatic nitrogens is 1. The minimum absolute atomic E-state index is 0.508. The summed E-state index contributed by atoms with van der Waals surface area (Å²) < 4.78 is 0. The molecule has 0 unspecified atom stereocenters. The second kappa shape index (κ2) is 6.55. The molecule has 104 valence electrons. The molecule has 0 saturated heterocycles. The van der Waals surface area contributed by atoms with E-state index in [0.717, 1.165) is 18.7 Å². The van der Waals surface area contributed by atoms with E-state index >= 15 is 0 Å². The van der Waals surface area contributed by atoms with Crippen molar-refractivity contribution in [2.45, 2.75) is 46.1 Å². The van der Waals surface area contributed by atoms with Crippen molar-refractivity contribution in [3.8, 4) is 0 Å². The highest BCUT2D eigenvalue weighted by Crippen LogP contribution is 2.19. The quantitative estimate of drug-likeness (QED) is 0.643. The van der Waals surface area contributed by atoms with Crippen molar-refractivity contribution >= 4 is 5.96 Å². The summed E-state index contributed by atoms with van der Waals surface area (Å²) in [6, 6.07) is 4.27. The summed E-state index contributed by atoms with van der Waals surface area (Å²) in [6.07, 6.45) is 4.82. The Kier molecular flexibility index (Phi) is 4.77. The smallest absolute Gasteiger partial charge is 0.188 e. The Balaban J connectivity index is 1.94. The van der Waals surface area contributed by atoms with Gasteiger partial charge in [0.1, 0.15) is 0 Å². The summed E-state index contributed by atoms with van der Waals surface area (Å²) in [4.78, 5) is 9.03. The first-order chi connectivity index (χ1) is 9.15. The van der Waals surface area contributed by atoms with E-state index in [0.29, 0.717) is 18.4 Å². The molecule has 4 heteroatoms. The zero-order valence-electron chi connectivity index (χ0n) is 11.9. The largest absolute Gasteiger partial charge is 0.370 e. The zero-order valence-corrected chi connectivity index (χ0v) is 11.9. The number of hydrogen-bond donors (Lipinski definition) is 2. The molecule has 0 atom stereocenters. The summed E-state index contributed by atoms with van der Waals surface area (Å²) in [5, 5.41) is 3.11. The number of rotatable bonds is 4. The highest BCUT2D eigenvalue weighted by Gasteiger charge is 2.10. The first kappa shape index (κ1) is 13.8. The van der Waals surface area contributed by atoms with Crippen LogP contribution in [-0.2, 0) is 19.4 Å². The van der Waals surface area contributed by atoms with E-state index < -0.39 is 0 Å². The molecule has 1 aliphatic carbocycles. The number of aryl methyl sites for hydroxylation is 2. The predicted molar refractivity (Wildman–Crippen MR) is 79.0 cm³/mol. The number of aliphatic imine (C=N–C) groups is 1. The maximum atomic E-state index is 5.82. The van der Waals surface area contributed by atoms with E-state index in [1.54, 1.807) is 0 Å². The molecule has 0 saturated carbocycles. The predicted octanol–water partition coefficient (Wildman–Crippen LogP) is 2.02. The van der Waals surface area contributed by atoms with Gasteiger partial charge in [0.25, 0.3) is 0 Å². The van der Waals surface area contributed by atoms with Crippen molar-refractivity contribution < 1.29 is 0 Å². The SMILES string of the molecule is CC(C)CNC(N)=NCc1ccc2c(n1)CCCC2. The van der Waals surface area contributed by atoms with Gasteiger partial charge in [0.2, 0.25) is 0 Å². The Morgan fingerprint density at radius 3 is 2.95 bits per heavy atom. The topological polar surface area (TPSA) is 63.3 Å². The van der Waals surface area contributed by atoms with Gasteiger partial charge in [0.15, 0.2) is 5.96 Å². The van der Waals surface area contributed by atoms with E-state index in [1.165, 1.54) is 30.5 Å². The standard InChI is InChI=1S/C15H24N4/c1-11(2)9-17-15(16)18-10-13-8-7-12-5-3-4-6-14(12)19-13/h7-8,11H,3-6,9-10H2,1-2H3,(H3,16,17,18). The average molecular weight is 260 g/mol. The Morgan fingerprint density at radius 1 is 1.37 bits per heavy atom. The minimum atomic E-state index is 0.508. The highest BCUT2D eigenvalue weighted by molar-refractivity contribution is 5.77. The number of nitrogens with two attached hydrogens (primary N) is 1. The third-order valence-electron chi connectivity index (χ3n) is 3.34. The summed E-state index contributed by atoms with van der Waals surface area (Å²) in [7, 11) is 0. The van der Waals surface area contributed by atoms with Crippen LogP contribution in [0.3, 0.4) is 0 Å². The third-order valence-corrected chi connectivity index (χ3v) is 3.34. The second-order valence-corrected chi connectivity index (χ2v) is 5.59. The van der Waals surface area contributed by atoms with Crippen molar-refractivity contribution in [1.82, 2.24) is 10.3 Å². The molecule has 0 spiro atoms. The van der Waals surface area contributed by atoms with Crippen molar-refractivity contribution in [1.29, 1.82) is 0 Å². The normalized spacial score (nSPS) is 15.4. The highest BCUT2D eigenvalue weighted by atomic mass is 15.1. The molecule has 19 heavy (non-hydrogen) atoms. The first-order valence-corrected chi connectivity index (χ1v) is 7.16. The molecule has 0 radical (unpaired) electrons. The van der Waals surface area contributed by atoms with Gasteiger partial charge in [-0.05, 0) is 43.2 Å². The van der Waals surface area contributed by atoms with Gasteiger partial charge in [-0.2, -0.15) is 0 Å². The fourth-order valence-corrected chi connectivity index (χ4v) is 2.25. The fourth-order valence-electron chi connectivity index (χ4n) is 2.25. The maximum Gasteiger partial charge on any atom is 0.188 e. The summed E-state index contributed by atoms with van der Waals surface area (Å²) in [6.45, 7) is 5.70. The molecular weight excluding hydrogens is 236 g/mol. The number of nitrogens with zero attached hydrogens (tertiary/aromatic N) is 2. The summed E-state index contributed by atoms with van der Waals surface area (Å²) >= 11 is 0. The minimum Gasteiger partial charge on any atom is -0.370 e. The Morgan fingerprint density at radius 2 is 2.16 bits per heavy atom. The van der Waals surface area contributed by atoms with E-state index in [1.807, 2.05) is 0 Å². The molecule has 4 nitrogen and oxygen atoms in total. The molecule has 0 fully saturated rings. The number of hydrogen-bond acceptors (Lipinski definition) is 2. The van der Waals surface area contributed by atoms with Crippen LogP contribution in [-0.4, -0.2) is 17.5 Å². The van der Waals surface area contributed by atoms with Crippen LogP contribution in [0.15, 0.2) is 17.1 Å². The third kappa shape index (κ3) is 4.23. The van der Waals surface area contributed by atoms with Crippen molar-refractivity contribution in [3.05, 3.63) is 29.1 Å². The zero-order chi connectivity index (χ0) is 13.7. The van der Waals surface area contributed by atoms with Crippen molar-refractivity contribution in [2.24, 2.45) is 16.6 Å². The molecule has 0 aliphatic heterocycles. The van der Waals surface area contributed by atoms with Gasteiger partial charge < -0.3 is 11.1 Å². The number of pyridine rings is 1. The Labute approximate surface area is 115 Å². The Hall–Kier alpha value is -1.58. The van der Waals surface area contributed by atoms with E-state index in [-0.39, 0.29) is 0 Å². The van der Waals surface area contributed by atoms with Crippen LogP contribution < -0.4 is 11.1 Å². The van der Waals surface area contributed by atoms with E-state index in [4.69, 9.17) is 10.7 Å². The summed E-state index contributed by atoms with van der Waals surface area (Å²) in [5.41, 5.74) is 9.49. The van der Waals surface area contributed by atoms with Crippen molar-refractivity contribution in [3.63, 3.8) is 0 Å². The van der Waals surface area contributed by atoms with Gasteiger partial charge in [-0.3, -0.25) is 4.98 Å². The summed E-state index contributed by atoms with van der Waals surface area (Å²) in [5.74, 6) is 1.07. The first-order valence-electron chi connectivity index (χ1n) is 7.16. The van der Waals surface area contributed by atoms with Crippen LogP contribution in [0.2, 0.25) is 0 Å². The lowest BCUT2D eigenvalue weighted by atomic mass is 9.96. The molecule has 2 rings (SSSR count). The van der Waals surface area contributed by atoms with Gasteiger partial charge in [0, 0.05) is 12.2 Å². The van der Waals surface area contributed by atoms with Crippen LogP contribution in [0.5, 0.6) is 0 Å². The average Bonchev–Trinajstić information content (AvgIpc) is 2.42. The molecule has 0 aromatic carbocycles. The fraction of sp³-hybridized carbons (Fsp3) is 0.600. The van der Waals surface area contributed by atoms with Crippen LogP contribution in [0.4, 0.5) is 0 Å². The van der Waals surface area contributed by atoms with Gasteiger partial charge >= 0.3 is 0 Å². The van der Waals surface area contributed by atoms with Crippen LogP contribution in [0.25, 0.3) is 0 Å². The van der Waals surface area contributed by atoms with Crippen LogP contribution in [0.1, 0.15) is 43.6 Å². The lowest BCUT2D eigenvalue weighted by Crippen LogP contribution is -2.34. The number of fused-ring (bicyclic) bond motifs is 1. The maximum absolute atomic E-state index is 5.82. The van der Waals surface area contributed by atoms with Gasteiger partial charge in [-0.1, -0.05) is 19.9 Å². The van der Waals surface area contributed by atoms with Crippen LogP contribution >= 0.6 is 0 Å².